The van der Waals surface area contributed by atoms with Crippen molar-refractivity contribution in [2.24, 2.45) is 5.10 Å². The molecule has 130 valence electrons. The fourth-order valence-corrected chi connectivity index (χ4v) is 3.68. The van der Waals surface area contributed by atoms with E-state index in [0.29, 0.717) is 0 Å². The fourth-order valence-electron chi connectivity index (χ4n) is 3.56. The number of rotatable bonds is 4. The van der Waals surface area contributed by atoms with E-state index < -0.39 is 0 Å². The molecule has 2 unspecified atom stereocenters. The summed E-state index contributed by atoms with van der Waals surface area (Å²) in [4.78, 5) is 0. The third-order valence-corrected chi connectivity index (χ3v) is 5.07. The second-order valence-electron chi connectivity index (χ2n) is 6.34. The highest BCUT2D eigenvalue weighted by Gasteiger charge is 2.36. The average Bonchev–Trinajstić information content (AvgIpc) is 3.14. The predicted octanol–water partition coefficient (Wildman–Crippen LogP) is 5.21. The molecule has 3 aromatic rings. The molecule has 1 aliphatic rings. The Morgan fingerprint density at radius 2 is 1.58 bits per heavy atom. The Kier molecular flexibility index (Phi) is 4.63. The Labute approximate surface area is 158 Å². The number of hydrogen-bond donors (Lipinski definition) is 2. The number of hydrogen-bond acceptors (Lipinski definition) is 3. The van der Waals surface area contributed by atoms with Gasteiger partial charge in [-0.1, -0.05) is 72.3 Å². The summed E-state index contributed by atoms with van der Waals surface area (Å²) in [5.41, 5.74) is 9.03. The lowest BCUT2D eigenvalue weighted by molar-refractivity contribution is 0.574. The average molecular weight is 362 g/mol. The van der Waals surface area contributed by atoms with Gasteiger partial charge in [0.05, 0.1) is 17.7 Å². The van der Waals surface area contributed by atoms with Crippen LogP contribution in [0.2, 0.25) is 5.02 Å². The van der Waals surface area contributed by atoms with Gasteiger partial charge in [-0.05, 0) is 34.9 Å². The quantitative estimate of drug-likeness (QED) is 0.668. The maximum Gasteiger partial charge on any atom is 0.0815 e. The minimum atomic E-state index is 0.0800. The van der Waals surface area contributed by atoms with Crippen LogP contribution in [-0.2, 0) is 0 Å². The highest BCUT2D eigenvalue weighted by molar-refractivity contribution is 6.30. The summed E-state index contributed by atoms with van der Waals surface area (Å²) in [6.45, 7) is 0. The summed E-state index contributed by atoms with van der Waals surface area (Å²) in [6, 6.07) is 26.8. The van der Waals surface area contributed by atoms with E-state index in [4.69, 9.17) is 16.7 Å². The summed E-state index contributed by atoms with van der Waals surface area (Å²) in [5, 5.41) is 8.77. The van der Waals surface area contributed by atoms with Gasteiger partial charge in [0.1, 0.15) is 0 Å². The van der Waals surface area contributed by atoms with Gasteiger partial charge in [0, 0.05) is 17.8 Å². The maximum absolute atomic E-state index is 6.08. The normalized spacial score (nSPS) is 18.9. The van der Waals surface area contributed by atoms with Crippen molar-refractivity contribution in [3.8, 4) is 0 Å². The van der Waals surface area contributed by atoms with Crippen molar-refractivity contribution in [3.63, 3.8) is 0 Å². The first kappa shape index (κ1) is 16.7. The molecule has 0 saturated carbocycles. The second-order valence-corrected chi connectivity index (χ2v) is 6.77. The SMILES string of the molecule is CNc1ccccc1C1C(c2ccc(Cl)cc2)=NNC1c1ccccc1. The number of hydrazone groups is 1. The van der Waals surface area contributed by atoms with Gasteiger partial charge in [0.15, 0.2) is 0 Å². The van der Waals surface area contributed by atoms with Crippen LogP contribution >= 0.6 is 11.6 Å². The van der Waals surface area contributed by atoms with Gasteiger partial charge in [-0.2, -0.15) is 5.10 Å². The minimum absolute atomic E-state index is 0.0800. The lowest BCUT2D eigenvalue weighted by atomic mass is 9.81. The van der Waals surface area contributed by atoms with Crippen molar-refractivity contribution in [2.75, 3.05) is 12.4 Å². The molecule has 0 saturated heterocycles. The number of para-hydroxylation sites is 1. The van der Waals surface area contributed by atoms with E-state index in [1.54, 1.807) is 0 Å². The number of nitrogens with one attached hydrogen (secondary N) is 2. The largest absolute Gasteiger partial charge is 0.388 e. The van der Waals surface area contributed by atoms with Crippen molar-refractivity contribution >= 4 is 23.0 Å². The van der Waals surface area contributed by atoms with E-state index in [1.165, 1.54) is 11.1 Å². The van der Waals surface area contributed by atoms with Crippen LogP contribution in [0, 0.1) is 0 Å². The van der Waals surface area contributed by atoms with Gasteiger partial charge in [-0.25, -0.2) is 0 Å². The molecule has 1 heterocycles. The second kappa shape index (κ2) is 7.22. The van der Waals surface area contributed by atoms with Crippen LogP contribution in [0.25, 0.3) is 0 Å². The molecule has 0 spiro atoms. The molecule has 26 heavy (non-hydrogen) atoms. The summed E-state index contributed by atoms with van der Waals surface area (Å²) < 4.78 is 0. The van der Waals surface area contributed by atoms with E-state index >= 15 is 0 Å². The van der Waals surface area contributed by atoms with Crippen molar-refractivity contribution < 1.29 is 0 Å². The van der Waals surface area contributed by atoms with Gasteiger partial charge < -0.3 is 10.7 Å². The smallest absolute Gasteiger partial charge is 0.0815 e. The first-order chi connectivity index (χ1) is 12.8. The third kappa shape index (κ3) is 3.06. The van der Waals surface area contributed by atoms with Gasteiger partial charge in [-0.3, -0.25) is 0 Å². The van der Waals surface area contributed by atoms with E-state index in [-0.39, 0.29) is 12.0 Å². The summed E-state index contributed by atoms with van der Waals surface area (Å²) in [7, 11) is 1.96. The highest BCUT2D eigenvalue weighted by Crippen LogP contribution is 2.41. The Balaban J connectivity index is 1.82. The van der Waals surface area contributed by atoms with Crippen LogP contribution in [-0.4, -0.2) is 12.8 Å². The first-order valence-electron chi connectivity index (χ1n) is 8.68. The molecular formula is C22H20ClN3. The van der Waals surface area contributed by atoms with Gasteiger partial charge in [-0.15, -0.1) is 0 Å². The standard InChI is InChI=1S/C22H20ClN3/c1-24-19-10-6-5-9-18(19)20-21(15-7-3-2-4-8-15)25-26-22(20)16-11-13-17(23)14-12-16/h2-14,20-21,24-25H,1H3. The molecule has 4 heteroatoms. The molecule has 3 aromatic carbocycles. The summed E-state index contributed by atoms with van der Waals surface area (Å²) in [5.74, 6) is 0.0993. The minimum Gasteiger partial charge on any atom is -0.388 e. The topological polar surface area (TPSA) is 36.4 Å². The van der Waals surface area contributed by atoms with Gasteiger partial charge >= 0.3 is 0 Å². The van der Waals surface area contributed by atoms with E-state index in [1.807, 2.05) is 43.4 Å². The van der Waals surface area contributed by atoms with E-state index in [0.717, 1.165) is 22.0 Å². The molecule has 0 aromatic heterocycles. The number of halogens is 1. The Morgan fingerprint density at radius 3 is 2.31 bits per heavy atom. The number of benzene rings is 3. The molecule has 2 atom stereocenters. The third-order valence-electron chi connectivity index (χ3n) is 4.82. The molecule has 0 bridgehead atoms. The van der Waals surface area contributed by atoms with Crippen molar-refractivity contribution in [1.82, 2.24) is 5.43 Å². The van der Waals surface area contributed by atoms with Gasteiger partial charge in [0.2, 0.25) is 0 Å². The van der Waals surface area contributed by atoms with E-state index in [2.05, 4.69) is 53.2 Å². The monoisotopic (exact) mass is 361 g/mol. The highest BCUT2D eigenvalue weighted by atomic mass is 35.5. The molecule has 3 nitrogen and oxygen atoms in total. The van der Waals surface area contributed by atoms with Crippen LogP contribution in [0.3, 0.4) is 0 Å². The number of nitrogens with zero attached hydrogens (tertiary/aromatic N) is 1. The first-order valence-corrected chi connectivity index (χ1v) is 9.06. The van der Waals surface area contributed by atoms with Crippen molar-refractivity contribution in [2.45, 2.75) is 12.0 Å². The molecule has 0 fully saturated rings. The molecular weight excluding hydrogens is 342 g/mol. The molecule has 1 aliphatic heterocycles. The van der Waals surface area contributed by atoms with Crippen LogP contribution in [0.1, 0.15) is 28.7 Å². The summed E-state index contributed by atoms with van der Waals surface area (Å²) in [6.07, 6.45) is 0. The Bertz CT molecular complexity index is 920. The molecule has 2 N–H and O–H groups in total. The van der Waals surface area contributed by atoms with Crippen LogP contribution in [0.5, 0.6) is 0 Å². The van der Waals surface area contributed by atoms with Gasteiger partial charge in [0.25, 0.3) is 0 Å². The van der Waals surface area contributed by atoms with Crippen LogP contribution in [0.15, 0.2) is 84.0 Å². The zero-order chi connectivity index (χ0) is 17.9. The Morgan fingerprint density at radius 1 is 0.885 bits per heavy atom. The van der Waals surface area contributed by atoms with Crippen molar-refractivity contribution in [1.29, 1.82) is 0 Å². The molecule has 0 amide bonds. The van der Waals surface area contributed by atoms with Crippen LogP contribution in [0.4, 0.5) is 5.69 Å². The van der Waals surface area contributed by atoms with Crippen LogP contribution < -0.4 is 10.7 Å². The summed E-state index contributed by atoms with van der Waals surface area (Å²) >= 11 is 6.08. The zero-order valence-corrected chi connectivity index (χ0v) is 15.2. The number of anilines is 1. The molecule has 0 radical (unpaired) electrons. The molecule has 0 aliphatic carbocycles. The Hall–Kier alpha value is -2.78. The fraction of sp³-hybridized carbons (Fsp3) is 0.136. The lowest BCUT2D eigenvalue weighted by Crippen LogP contribution is -2.21. The lowest BCUT2D eigenvalue weighted by Gasteiger charge is -2.24. The predicted molar refractivity (Wildman–Crippen MR) is 109 cm³/mol. The van der Waals surface area contributed by atoms with E-state index in [9.17, 15) is 0 Å². The maximum atomic E-state index is 6.08. The molecule has 4 rings (SSSR count). The zero-order valence-electron chi connectivity index (χ0n) is 14.5. The van der Waals surface area contributed by atoms with Crippen molar-refractivity contribution in [3.05, 3.63) is 101 Å².